The van der Waals surface area contributed by atoms with Crippen molar-refractivity contribution in [3.05, 3.63) is 29.8 Å². The van der Waals surface area contributed by atoms with Gasteiger partial charge in [-0.15, -0.1) is 12.4 Å². The number of sulfonamides is 1. The predicted molar refractivity (Wildman–Crippen MR) is 80.5 cm³/mol. The lowest BCUT2D eigenvalue weighted by molar-refractivity contribution is 0.418. The Morgan fingerprint density at radius 1 is 1.45 bits per heavy atom. The number of likely N-dealkylation sites (N-methyl/N-ethyl adjacent to an activating group) is 1. The minimum absolute atomic E-state index is 0. The van der Waals surface area contributed by atoms with E-state index < -0.39 is 20.7 Å². The summed E-state index contributed by atoms with van der Waals surface area (Å²) in [4.78, 5) is 3.56. The van der Waals surface area contributed by atoms with E-state index in [0.717, 1.165) is 12.1 Å². The third-order valence-corrected chi connectivity index (χ3v) is 3.88. The number of hydrogen-bond acceptors (Lipinski definition) is 6. The molecule has 2 aromatic rings. The molecule has 1 aromatic heterocycles. The number of benzene rings is 1. The van der Waals surface area contributed by atoms with E-state index in [9.17, 15) is 12.8 Å². The Labute approximate surface area is 133 Å². The van der Waals surface area contributed by atoms with Crippen LogP contribution in [0.4, 0.5) is 4.39 Å². The third-order valence-electron chi connectivity index (χ3n) is 2.94. The van der Waals surface area contributed by atoms with Crippen molar-refractivity contribution in [2.75, 3.05) is 7.05 Å². The van der Waals surface area contributed by atoms with Crippen molar-refractivity contribution in [2.24, 2.45) is 5.14 Å². The van der Waals surface area contributed by atoms with Crippen molar-refractivity contribution in [2.45, 2.75) is 24.3 Å². The molecule has 0 radical (unpaired) electrons. The largest absolute Gasteiger partial charge is 0.334 e. The van der Waals surface area contributed by atoms with Crippen LogP contribution in [0.15, 0.2) is 27.6 Å². The van der Waals surface area contributed by atoms with Crippen molar-refractivity contribution < 1.29 is 17.3 Å². The van der Waals surface area contributed by atoms with E-state index in [-0.39, 0.29) is 29.9 Å². The molecule has 2 rings (SSSR count). The summed E-state index contributed by atoms with van der Waals surface area (Å²) in [6.45, 7) is 1.95. The molecule has 0 aliphatic rings. The van der Waals surface area contributed by atoms with Gasteiger partial charge in [0.1, 0.15) is 10.7 Å². The van der Waals surface area contributed by atoms with E-state index in [4.69, 9.17) is 9.66 Å². The van der Waals surface area contributed by atoms with Crippen molar-refractivity contribution in [3.63, 3.8) is 0 Å². The van der Waals surface area contributed by atoms with Crippen LogP contribution in [0.5, 0.6) is 0 Å². The van der Waals surface area contributed by atoms with Crippen LogP contribution < -0.4 is 10.5 Å². The summed E-state index contributed by atoms with van der Waals surface area (Å²) in [5.41, 5.74) is 0.288. The summed E-state index contributed by atoms with van der Waals surface area (Å²) in [5, 5.41) is 11.7. The van der Waals surface area contributed by atoms with Crippen molar-refractivity contribution in [1.82, 2.24) is 15.5 Å². The Balaban J connectivity index is 0.00000242. The molecule has 1 heterocycles. The normalized spacial score (nSPS) is 12.7. The molecule has 0 saturated carbocycles. The summed E-state index contributed by atoms with van der Waals surface area (Å²) in [7, 11) is -2.28. The van der Waals surface area contributed by atoms with Gasteiger partial charge in [-0.2, -0.15) is 4.98 Å². The minimum Gasteiger partial charge on any atom is -0.334 e. The van der Waals surface area contributed by atoms with Gasteiger partial charge in [-0.25, -0.2) is 17.9 Å². The highest BCUT2D eigenvalue weighted by Crippen LogP contribution is 2.22. The fraction of sp³-hybridized carbons (Fsp3) is 0.333. The standard InChI is InChI=1S/C12H15FN4O3S.ClH/c1-7(15-2)5-11-16-12(20-17-11)8-3-4-10(9(13)6-8)21(14,18)19;/h3-4,6-7,15H,5H2,1-2H3,(H2,14,18,19);1H. The molecule has 1 unspecified atom stereocenters. The number of primary sulfonamides is 1. The highest BCUT2D eigenvalue weighted by Gasteiger charge is 2.17. The molecule has 0 aliphatic carbocycles. The molecule has 7 nitrogen and oxygen atoms in total. The molecular weight excluding hydrogens is 335 g/mol. The van der Waals surface area contributed by atoms with Gasteiger partial charge in [0.25, 0.3) is 5.89 Å². The van der Waals surface area contributed by atoms with Crippen LogP contribution in [0.2, 0.25) is 0 Å². The monoisotopic (exact) mass is 350 g/mol. The maximum atomic E-state index is 13.7. The van der Waals surface area contributed by atoms with Gasteiger partial charge in [0.2, 0.25) is 10.0 Å². The summed E-state index contributed by atoms with van der Waals surface area (Å²) in [6.07, 6.45) is 0.553. The number of hydrogen-bond donors (Lipinski definition) is 2. The maximum Gasteiger partial charge on any atom is 0.258 e. The van der Waals surface area contributed by atoms with E-state index in [0.29, 0.717) is 12.2 Å². The molecular formula is C12H16ClFN4O3S. The Morgan fingerprint density at radius 2 is 2.14 bits per heavy atom. The van der Waals surface area contributed by atoms with Gasteiger partial charge in [-0.05, 0) is 32.2 Å². The highest BCUT2D eigenvalue weighted by molar-refractivity contribution is 7.89. The molecule has 122 valence electrons. The molecule has 0 aliphatic heterocycles. The zero-order chi connectivity index (χ0) is 15.6. The number of nitrogens with one attached hydrogen (secondary N) is 1. The minimum atomic E-state index is -4.10. The SMILES string of the molecule is CNC(C)Cc1noc(-c2ccc(S(N)(=O)=O)c(F)c2)n1.Cl. The fourth-order valence-electron chi connectivity index (χ4n) is 1.69. The van der Waals surface area contributed by atoms with Crippen LogP contribution in [0.3, 0.4) is 0 Å². The van der Waals surface area contributed by atoms with Gasteiger partial charge in [0.05, 0.1) is 0 Å². The molecule has 0 bridgehead atoms. The second-order valence-electron chi connectivity index (χ2n) is 4.60. The van der Waals surface area contributed by atoms with E-state index >= 15 is 0 Å². The summed E-state index contributed by atoms with van der Waals surface area (Å²) < 4.78 is 41.1. The first-order valence-corrected chi connectivity index (χ1v) is 7.68. The Hall–Kier alpha value is -1.55. The third kappa shape index (κ3) is 4.23. The smallest absolute Gasteiger partial charge is 0.258 e. The van der Waals surface area contributed by atoms with E-state index in [1.807, 2.05) is 14.0 Å². The lowest BCUT2D eigenvalue weighted by Crippen LogP contribution is -2.24. The Kier molecular flexibility index (Phi) is 6.00. The molecule has 0 spiro atoms. The number of halogens is 2. The lowest BCUT2D eigenvalue weighted by atomic mass is 10.2. The Morgan fingerprint density at radius 3 is 2.68 bits per heavy atom. The van der Waals surface area contributed by atoms with Crippen LogP contribution >= 0.6 is 12.4 Å². The number of nitrogens with two attached hydrogens (primary N) is 1. The van der Waals surface area contributed by atoms with Gasteiger partial charge in [-0.3, -0.25) is 0 Å². The molecule has 10 heteroatoms. The lowest BCUT2D eigenvalue weighted by Gasteiger charge is -2.04. The topological polar surface area (TPSA) is 111 Å². The summed E-state index contributed by atoms with van der Waals surface area (Å²) >= 11 is 0. The van der Waals surface area contributed by atoms with Crippen LogP contribution in [-0.2, 0) is 16.4 Å². The molecule has 1 atom stereocenters. The number of rotatable bonds is 5. The second-order valence-corrected chi connectivity index (χ2v) is 6.13. The zero-order valence-corrected chi connectivity index (χ0v) is 13.5. The first kappa shape index (κ1) is 18.5. The number of aromatic nitrogens is 2. The molecule has 0 saturated heterocycles. The predicted octanol–water partition coefficient (Wildman–Crippen LogP) is 1.10. The first-order valence-electron chi connectivity index (χ1n) is 6.14. The highest BCUT2D eigenvalue weighted by atomic mass is 35.5. The molecule has 0 fully saturated rings. The van der Waals surface area contributed by atoms with Crippen LogP contribution in [0.1, 0.15) is 12.7 Å². The fourth-order valence-corrected chi connectivity index (χ4v) is 2.28. The van der Waals surface area contributed by atoms with Gasteiger partial charge in [0, 0.05) is 18.0 Å². The Bertz CT molecular complexity index is 751. The van der Waals surface area contributed by atoms with E-state index in [2.05, 4.69) is 15.5 Å². The van der Waals surface area contributed by atoms with Crippen molar-refractivity contribution >= 4 is 22.4 Å². The van der Waals surface area contributed by atoms with Crippen molar-refractivity contribution in [1.29, 1.82) is 0 Å². The molecule has 3 N–H and O–H groups in total. The van der Waals surface area contributed by atoms with Gasteiger partial charge >= 0.3 is 0 Å². The molecule has 1 aromatic carbocycles. The number of nitrogens with zero attached hydrogens (tertiary/aromatic N) is 2. The van der Waals surface area contributed by atoms with E-state index in [1.54, 1.807) is 0 Å². The van der Waals surface area contributed by atoms with Crippen LogP contribution in [-0.4, -0.2) is 31.6 Å². The molecule has 22 heavy (non-hydrogen) atoms. The van der Waals surface area contributed by atoms with Gasteiger partial charge in [-0.1, -0.05) is 5.16 Å². The van der Waals surface area contributed by atoms with Crippen LogP contribution in [0.25, 0.3) is 11.5 Å². The van der Waals surface area contributed by atoms with E-state index in [1.165, 1.54) is 6.07 Å². The van der Waals surface area contributed by atoms with Gasteiger partial charge in [0.15, 0.2) is 5.82 Å². The first-order chi connectivity index (χ1) is 9.81. The quantitative estimate of drug-likeness (QED) is 0.835. The van der Waals surface area contributed by atoms with Crippen molar-refractivity contribution in [3.8, 4) is 11.5 Å². The summed E-state index contributed by atoms with van der Waals surface area (Å²) in [5.74, 6) is -0.366. The average Bonchev–Trinajstić information content (AvgIpc) is 2.85. The summed E-state index contributed by atoms with van der Waals surface area (Å²) in [6, 6.07) is 3.59. The maximum absolute atomic E-state index is 13.7. The molecule has 0 amide bonds. The average molecular weight is 351 g/mol. The van der Waals surface area contributed by atoms with Crippen LogP contribution in [0, 0.1) is 5.82 Å². The second kappa shape index (κ2) is 7.14. The zero-order valence-electron chi connectivity index (χ0n) is 11.9. The van der Waals surface area contributed by atoms with Gasteiger partial charge < -0.3 is 9.84 Å².